The van der Waals surface area contributed by atoms with Crippen LogP contribution in [0.25, 0.3) is 11.0 Å². The highest BCUT2D eigenvalue weighted by Crippen LogP contribution is 2.23. The van der Waals surface area contributed by atoms with Crippen molar-refractivity contribution in [3.63, 3.8) is 0 Å². The molecule has 0 aliphatic heterocycles. The van der Waals surface area contributed by atoms with Crippen LogP contribution < -0.4 is 15.1 Å². The van der Waals surface area contributed by atoms with Crippen molar-refractivity contribution < 1.29 is 23.5 Å². The van der Waals surface area contributed by atoms with Gasteiger partial charge >= 0.3 is 11.6 Å². The first kappa shape index (κ1) is 19.4. The van der Waals surface area contributed by atoms with E-state index in [2.05, 4.69) is 0 Å². The van der Waals surface area contributed by atoms with E-state index >= 15 is 0 Å². The monoisotopic (exact) mass is 380 g/mol. The normalized spacial score (nSPS) is 10.6. The van der Waals surface area contributed by atoms with Crippen LogP contribution in [0.15, 0.2) is 57.7 Å². The second kappa shape index (κ2) is 8.52. The number of carbonyl (C=O) groups excluding carboxylic acids is 2. The summed E-state index contributed by atoms with van der Waals surface area (Å²) < 4.78 is 15.8. The summed E-state index contributed by atoms with van der Waals surface area (Å²) >= 11 is 0. The molecule has 2 aromatic carbocycles. The summed E-state index contributed by atoms with van der Waals surface area (Å²) in [5.41, 5.74) is 1.40. The van der Waals surface area contributed by atoms with Crippen molar-refractivity contribution in [3.8, 4) is 11.5 Å². The third-order valence-corrected chi connectivity index (χ3v) is 4.27. The highest BCUT2D eigenvalue weighted by molar-refractivity contribution is 5.95. The van der Waals surface area contributed by atoms with E-state index in [4.69, 9.17) is 13.9 Å². The zero-order valence-corrected chi connectivity index (χ0v) is 15.7. The van der Waals surface area contributed by atoms with Crippen LogP contribution in [0.1, 0.15) is 36.2 Å². The van der Waals surface area contributed by atoms with Gasteiger partial charge in [0.05, 0.1) is 0 Å². The zero-order chi connectivity index (χ0) is 20.1. The second-order valence-electron chi connectivity index (χ2n) is 6.17. The van der Waals surface area contributed by atoms with Gasteiger partial charge in [0, 0.05) is 29.5 Å². The minimum Gasteiger partial charge on any atom is -0.482 e. The molecule has 3 aromatic rings. The first-order valence-corrected chi connectivity index (χ1v) is 9.03. The van der Waals surface area contributed by atoms with Crippen LogP contribution >= 0.6 is 0 Å². The van der Waals surface area contributed by atoms with Crippen molar-refractivity contribution in [2.45, 2.75) is 26.7 Å². The summed E-state index contributed by atoms with van der Waals surface area (Å²) in [6, 6.07) is 12.9. The predicted molar refractivity (Wildman–Crippen MR) is 104 cm³/mol. The van der Waals surface area contributed by atoms with E-state index in [1.165, 1.54) is 12.1 Å². The molecule has 0 saturated heterocycles. The van der Waals surface area contributed by atoms with Gasteiger partial charge in [-0.1, -0.05) is 13.8 Å². The Morgan fingerprint density at radius 3 is 2.36 bits per heavy atom. The highest BCUT2D eigenvalue weighted by atomic mass is 16.6. The maximum Gasteiger partial charge on any atom is 0.349 e. The van der Waals surface area contributed by atoms with Gasteiger partial charge in [-0.15, -0.1) is 0 Å². The molecular weight excluding hydrogens is 360 g/mol. The molecular formula is C22H20O6. The molecule has 3 rings (SSSR count). The molecule has 6 nitrogen and oxygen atoms in total. The molecule has 0 unspecified atom stereocenters. The Morgan fingerprint density at radius 2 is 1.68 bits per heavy atom. The number of benzene rings is 2. The summed E-state index contributed by atoms with van der Waals surface area (Å²) in [4.78, 5) is 35.3. The lowest BCUT2D eigenvalue weighted by Gasteiger charge is -2.08. The minimum atomic E-state index is -0.595. The summed E-state index contributed by atoms with van der Waals surface area (Å²) in [5, 5.41) is 0.805. The molecule has 0 aliphatic carbocycles. The van der Waals surface area contributed by atoms with Gasteiger partial charge in [-0.25, -0.2) is 9.59 Å². The molecule has 0 bridgehead atoms. The van der Waals surface area contributed by atoms with Gasteiger partial charge in [0.15, 0.2) is 12.4 Å². The molecule has 1 aromatic heterocycles. The van der Waals surface area contributed by atoms with E-state index in [0.717, 1.165) is 10.9 Å². The van der Waals surface area contributed by atoms with Crippen molar-refractivity contribution in [3.05, 3.63) is 70.1 Å². The molecule has 28 heavy (non-hydrogen) atoms. The molecule has 0 amide bonds. The second-order valence-corrected chi connectivity index (χ2v) is 6.17. The Morgan fingerprint density at radius 1 is 0.964 bits per heavy atom. The molecule has 0 radical (unpaired) electrons. The largest absolute Gasteiger partial charge is 0.482 e. The average Bonchev–Trinajstić information content (AvgIpc) is 2.71. The number of ether oxygens (including phenoxy) is 2. The number of carbonyl (C=O) groups is 2. The number of rotatable bonds is 7. The van der Waals surface area contributed by atoms with Gasteiger partial charge in [-0.3, -0.25) is 4.79 Å². The van der Waals surface area contributed by atoms with Crippen LogP contribution in [-0.4, -0.2) is 18.4 Å². The maximum atomic E-state index is 12.0. The third-order valence-electron chi connectivity index (χ3n) is 4.27. The minimum absolute atomic E-state index is 0.0418. The van der Waals surface area contributed by atoms with Gasteiger partial charge in [-0.05, 0) is 48.4 Å². The first-order valence-electron chi connectivity index (χ1n) is 9.03. The van der Waals surface area contributed by atoms with E-state index in [-0.39, 0.29) is 18.1 Å². The average molecular weight is 380 g/mol. The smallest absolute Gasteiger partial charge is 0.349 e. The van der Waals surface area contributed by atoms with Crippen LogP contribution in [0.3, 0.4) is 0 Å². The van der Waals surface area contributed by atoms with Gasteiger partial charge in [-0.2, -0.15) is 0 Å². The summed E-state index contributed by atoms with van der Waals surface area (Å²) in [7, 11) is 0. The van der Waals surface area contributed by atoms with Crippen molar-refractivity contribution in [2.24, 2.45) is 0 Å². The topological polar surface area (TPSA) is 82.8 Å². The van der Waals surface area contributed by atoms with Gasteiger partial charge in [0.25, 0.3) is 0 Å². The van der Waals surface area contributed by atoms with Gasteiger partial charge in [0.2, 0.25) is 0 Å². The predicted octanol–water partition coefficient (Wildman–Crippen LogP) is 3.93. The fraction of sp³-hybridized carbons (Fsp3) is 0.227. The maximum absolute atomic E-state index is 12.0. The van der Waals surface area contributed by atoms with E-state index in [9.17, 15) is 14.4 Å². The lowest BCUT2D eigenvalue weighted by Crippen LogP contribution is -2.17. The van der Waals surface area contributed by atoms with E-state index in [1.807, 2.05) is 6.92 Å². The lowest BCUT2D eigenvalue weighted by molar-refractivity contribution is -0.136. The number of esters is 1. The fourth-order valence-electron chi connectivity index (χ4n) is 2.81. The molecule has 0 atom stereocenters. The Balaban J connectivity index is 1.64. The molecule has 0 fully saturated rings. The summed E-state index contributed by atoms with van der Waals surface area (Å²) in [6.07, 6.45) is 1.12. The number of ketones is 1. The van der Waals surface area contributed by atoms with E-state index in [1.54, 1.807) is 43.3 Å². The molecule has 144 valence electrons. The summed E-state index contributed by atoms with van der Waals surface area (Å²) in [6.45, 7) is 3.45. The number of hydrogen-bond donors (Lipinski definition) is 0. The van der Waals surface area contributed by atoms with Crippen LogP contribution in [-0.2, 0) is 11.2 Å². The number of fused-ring (bicyclic) bond motifs is 1. The first-order chi connectivity index (χ1) is 13.5. The Labute approximate surface area is 161 Å². The van der Waals surface area contributed by atoms with Gasteiger partial charge in [0.1, 0.15) is 17.1 Å². The zero-order valence-electron chi connectivity index (χ0n) is 15.7. The summed E-state index contributed by atoms with van der Waals surface area (Å²) in [5.74, 6) is 0.172. The highest BCUT2D eigenvalue weighted by Gasteiger charge is 2.10. The van der Waals surface area contributed by atoms with Crippen LogP contribution in [0.4, 0.5) is 0 Å². The van der Waals surface area contributed by atoms with E-state index < -0.39 is 11.6 Å². The molecule has 1 heterocycles. The van der Waals surface area contributed by atoms with E-state index in [0.29, 0.717) is 29.7 Å². The molecule has 0 N–H and O–H groups in total. The number of Topliss-reactive ketones (excluding diaryl/α,β-unsaturated/α-hetero) is 1. The van der Waals surface area contributed by atoms with Crippen molar-refractivity contribution in [2.75, 3.05) is 6.61 Å². The fourth-order valence-corrected chi connectivity index (χ4v) is 2.81. The third kappa shape index (κ3) is 4.46. The molecule has 0 saturated carbocycles. The van der Waals surface area contributed by atoms with Crippen molar-refractivity contribution in [1.82, 2.24) is 0 Å². The lowest BCUT2D eigenvalue weighted by atomic mass is 10.1. The number of hydrogen-bond acceptors (Lipinski definition) is 6. The molecule has 0 aliphatic rings. The molecule has 0 spiro atoms. The standard InChI is InChI=1S/C22H20O6/c1-3-14-11-21(24)28-20-12-17(9-10-18(14)20)27-22(25)13-26-16-7-5-15(6-8-16)19(23)4-2/h5-12H,3-4,13H2,1-2H3. The Kier molecular flexibility index (Phi) is 5.89. The quantitative estimate of drug-likeness (QED) is 0.267. The van der Waals surface area contributed by atoms with Crippen molar-refractivity contribution in [1.29, 1.82) is 0 Å². The van der Waals surface area contributed by atoms with Crippen LogP contribution in [0, 0.1) is 0 Å². The van der Waals surface area contributed by atoms with Crippen LogP contribution in [0.2, 0.25) is 0 Å². The van der Waals surface area contributed by atoms with Gasteiger partial charge < -0.3 is 13.9 Å². The Bertz CT molecular complexity index is 1060. The van der Waals surface area contributed by atoms with Crippen molar-refractivity contribution >= 4 is 22.7 Å². The SMILES string of the molecule is CCC(=O)c1ccc(OCC(=O)Oc2ccc3c(CC)cc(=O)oc3c2)cc1. The Hall–Kier alpha value is -3.41. The molecule has 6 heteroatoms. The number of aryl methyl sites for hydroxylation is 1. The van der Waals surface area contributed by atoms with Crippen LogP contribution in [0.5, 0.6) is 11.5 Å².